The molecule has 1 aliphatic rings. The minimum atomic E-state index is -4.80. The fourth-order valence-corrected chi connectivity index (χ4v) is 3.90. The highest BCUT2D eigenvalue weighted by Gasteiger charge is 2.31. The smallest absolute Gasteiger partial charge is 0.406 e. The lowest BCUT2D eigenvalue weighted by Crippen LogP contribution is -2.34. The van der Waals surface area contributed by atoms with Crippen LogP contribution in [0.5, 0.6) is 5.75 Å². The molecule has 0 spiro atoms. The van der Waals surface area contributed by atoms with E-state index < -0.39 is 24.3 Å². The predicted octanol–water partition coefficient (Wildman–Crippen LogP) is 5.72. The summed E-state index contributed by atoms with van der Waals surface area (Å²) in [6, 6.07) is 17.2. The third kappa shape index (κ3) is 6.78. The van der Waals surface area contributed by atoms with Crippen molar-refractivity contribution in [3.8, 4) is 5.75 Å². The second-order valence-electron chi connectivity index (χ2n) is 8.05. The molecule has 3 aromatic rings. The molecule has 6 nitrogen and oxygen atoms in total. The van der Waals surface area contributed by atoms with Crippen molar-refractivity contribution in [2.75, 3.05) is 10.6 Å². The number of carbonyl (C=O) groups is 2. The van der Waals surface area contributed by atoms with E-state index in [1.165, 1.54) is 36.4 Å². The Bertz CT molecular complexity index is 1370. The summed E-state index contributed by atoms with van der Waals surface area (Å²) in [6.45, 7) is 0. The Labute approximate surface area is 215 Å². The minimum absolute atomic E-state index is 0.0655. The van der Waals surface area contributed by atoms with Gasteiger partial charge in [0.15, 0.2) is 0 Å². The van der Waals surface area contributed by atoms with Gasteiger partial charge in [-0.25, -0.2) is 0 Å². The van der Waals surface area contributed by atoms with Gasteiger partial charge in [0.1, 0.15) is 11.9 Å². The van der Waals surface area contributed by atoms with E-state index in [4.69, 9.17) is 11.6 Å². The van der Waals surface area contributed by atoms with E-state index in [0.717, 1.165) is 5.56 Å². The van der Waals surface area contributed by atoms with Gasteiger partial charge in [-0.3, -0.25) is 9.59 Å². The van der Waals surface area contributed by atoms with E-state index in [1.807, 2.05) is 0 Å². The number of hydrogen-bond donors (Lipinski definition) is 3. The summed E-state index contributed by atoms with van der Waals surface area (Å²) in [4.78, 5) is 24.3. The second kappa shape index (κ2) is 10.9. The lowest BCUT2D eigenvalue weighted by atomic mass is 9.97. The van der Waals surface area contributed by atoms with Crippen LogP contribution < -0.4 is 15.4 Å². The largest absolute Gasteiger partial charge is 0.573 e. The number of nitrogens with one attached hydrogen (secondary N) is 2. The van der Waals surface area contributed by atoms with Crippen molar-refractivity contribution in [2.45, 2.75) is 18.9 Å². The molecule has 0 aromatic heterocycles. The first-order valence-electron chi connectivity index (χ1n) is 11.0. The van der Waals surface area contributed by atoms with Crippen LogP contribution in [-0.4, -0.2) is 29.4 Å². The third-order valence-corrected chi connectivity index (χ3v) is 5.71. The molecule has 4 rings (SSSR count). The summed E-state index contributed by atoms with van der Waals surface area (Å²) >= 11 is 5.99. The van der Waals surface area contributed by atoms with Gasteiger partial charge in [0.25, 0.3) is 5.91 Å². The monoisotopic (exact) mass is 528 g/mol. The van der Waals surface area contributed by atoms with Crippen LogP contribution in [0.15, 0.2) is 85.0 Å². The number of rotatable bonds is 6. The number of ether oxygens (including phenoxy) is 1. The number of hydrogen-bond acceptors (Lipinski definition) is 4. The molecule has 1 atom stereocenters. The molecule has 2 amide bonds. The van der Waals surface area contributed by atoms with Crippen molar-refractivity contribution in [1.29, 1.82) is 0 Å². The van der Waals surface area contributed by atoms with E-state index in [0.29, 0.717) is 33.1 Å². The van der Waals surface area contributed by atoms with Crippen LogP contribution in [0.1, 0.15) is 16.7 Å². The highest BCUT2D eigenvalue weighted by Crippen LogP contribution is 2.30. The normalized spacial score (nSPS) is 15.8. The first-order chi connectivity index (χ1) is 17.6. The van der Waals surface area contributed by atoms with Gasteiger partial charge in [-0.05, 0) is 53.1 Å². The van der Waals surface area contributed by atoms with Crippen molar-refractivity contribution in [3.05, 3.63) is 107 Å². The fourth-order valence-electron chi connectivity index (χ4n) is 3.77. The van der Waals surface area contributed by atoms with E-state index >= 15 is 0 Å². The van der Waals surface area contributed by atoms with Gasteiger partial charge in [-0.15, -0.1) is 13.2 Å². The zero-order valence-corrected chi connectivity index (χ0v) is 19.8. The number of fused-ring (bicyclic) bond motifs is 1. The van der Waals surface area contributed by atoms with Gasteiger partial charge >= 0.3 is 6.36 Å². The molecular formula is C27H20ClF3N2O4. The molecule has 0 radical (unpaired) electrons. The Kier molecular flexibility index (Phi) is 7.66. The summed E-state index contributed by atoms with van der Waals surface area (Å²) < 4.78 is 41.5. The fraction of sp³-hybridized carbons (Fsp3) is 0.111. The summed E-state index contributed by atoms with van der Waals surface area (Å²) in [5.74, 6) is -1.32. The van der Waals surface area contributed by atoms with Crippen LogP contribution in [0, 0.1) is 0 Å². The Morgan fingerprint density at radius 3 is 2.35 bits per heavy atom. The summed E-state index contributed by atoms with van der Waals surface area (Å²) in [5, 5.41) is 15.7. The lowest BCUT2D eigenvalue weighted by molar-refractivity contribution is -0.274. The Morgan fingerprint density at radius 2 is 1.70 bits per heavy atom. The molecule has 0 aliphatic carbocycles. The summed E-state index contributed by atoms with van der Waals surface area (Å²) in [7, 11) is 0. The molecule has 0 saturated carbocycles. The van der Waals surface area contributed by atoms with Crippen molar-refractivity contribution < 1.29 is 32.6 Å². The van der Waals surface area contributed by atoms with Crippen LogP contribution in [0.3, 0.4) is 0 Å². The van der Waals surface area contributed by atoms with Crippen molar-refractivity contribution in [1.82, 2.24) is 0 Å². The Balaban J connectivity index is 1.56. The van der Waals surface area contributed by atoms with Gasteiger partial charge in [0, 0.05) is 34.5 Å². The van der Waals surface area contributed by atoms with Gasteiger partial charge in [-0.2, -0.15) is 0 Å². The van der Waals surface area contributed by atoms with Gasteiger partial charge in [-0.1, -0.05) is 54.1 Å². The molecule has 37 heavy (non-hydrogen) atoms. The lowest BCUT2D eigenvalue weighted by Gasteiger charge is -2.23. The minimum Gasteiger partial charge on any atom is -0.406 e. The predicted molar refractivity (Wildman–Crippen MR) is 134 cm³/mol. The Morgan fingerprint density at radius 1 is 1.05 bits per heavy atom. The zero-order chi connectivity index (χ0) is 26.6. The molecule has 1 aliphatic heterocycles. The highest BCUT2D eigenvalue weighted by molar-refractivity contribution is 6.30. The molecule has 1 heterocycles. The first-order valence-corrected chi connectivity index (χ1v) is 11.4. The molecule has 0 fully saturated rings. The quantitative estimate of drug-likeness (QED) is 0.282. The number of aliphatic hydroxyl groups is 1. The van der Waals surface area contributed by atoms with Crippen LogP contribution in [0.25, 0.3) is 5.57 Å². The van der Waals surface area contributed by atoms with E-state index in [-0.39, 0.29) is 12.2 Å². The van der Waals surface area contributed by atoms with E-state index in [2.05, 4.69) is 15.4 Å². The molecule has 3 aromatic carbocycles. The molecule has 190 valence electrons. The molecule has 3 N–H and O–H groups in total. The van der Waals surface area contributed by atoms with Crippen LogP contribution in [0.4, 0.5) is 24.5 Å². The van der Waals surface area contributed by atoms with Crippen molar-refractivity contribution in [2.24, 2.45) is 0 Å². The van der Waals surface area contributed by atoms with E-state index in [9.17, 15) is 27.9 Å². The standard InChI is InChI=1S/C27H20ClF3N2O4/c28-18-11-7-16(8-12-18)20(17-9-13-19(14-10-17)37-27(29,30)31)3-1-6-25(35)32-22-4-2-5-23-21(22)15-24(34)26(36)33-23/h1-14,24,34H,15H2,(H,32,35)(H,33,36). The summed E-state index contributed by atoms with van der Waals surface area (Å²) in [6.07, 6.45) is -1.50. The number of aliphatic hydroxyl groups excluding tert-OH is 1. The number of carbonyl (C=O) groups excluding carboxylic acids is 2. The first kappa shape index (κ1) is 26.0. The number of anilines is 2. The molecule has 0 saturated heterocycles. The highest BCUT2D eigenvalue weighted by atomic mass is 35.5. The van der Waals surface area contributed by atoms with Gasteiger partial charge in [0.05, 0.1) is 0 Å². The molecule has 10 heteroatoms. The second-order valence-corrected chi connectivity index (χ2v) is 8.49. The van der Waals surface area contributed by atoms with Crippen LogP contribution in [0.2, 0.25) is 5.02 Å². The Hall–Kier alpha value is -4.08. The average molecular weight is 529 g/mol. The van der Waals surface area contributed by atoms with E-state index in [1.54, 1.807) is 48.5 Å². The average Bonchev–Trinajstić information content (AvgIpc) is 2.84. The van der Waals surface area contributed by atoms with Gasteiger partial charge < -0.3 is 20.5 Å². The number of benzene rings is 3. The molecular weight excluding hydrogens is 509 g/mol. The zero-order valence-electron chi connectivity index (χ0n) is 19.1. The maximum Gasteiger partial charge on any atom is 0.573 e. The van der Waals surface area contributed by atoms with Crippen LogP contribution >= 0.6 is 11.6 Å². The maximum atomic E-state index is 12.6. The summed E-state index contributed by atoms with van der Waals surface area (Å²) in [5.41, 5.74) is 3.51. The van der Waals surface area contributed by atoms with Crippen LogP contribution in [-0.2, 0) is 16.0 Å². The molecule has 1 unspecified atom stereocenters. The number of halogens is 4. The number of alkyl halides is 3. The maximum absolute atomic E-state index is 12.6. The SMILES string of the molecule is O=C(C=CC=C(c1ccc(Cl)cc1)c1ccc(OC(F)(F)F)cc1)Nc1cccc2c1CC(O)C(=O)N2. The van der Waals surface area contributed by atoms with Crippen molar-refractivity contribution >= 4 is 40.4 Å². The van der Waals surface area contributed by atoms with Gasteiger partial charge in [0.2, 0.25) is 5.91 Å². The number of amides is 2. The molecule has 0 bridgehead atoms. The topological polar surface area (TPSA) is 87.7 Å². The third-order valence-electron chi connectivity index (χ3n) is 5.46. The van der Waals surface area contributed by atoms with Crippen molar-refractivity contribution in [3.63, 3.8) is 0 Å². The number of allylic oxidation sites excluding steroid dienone is 2.